The van der Waals surface area contributed by atoms with E-state index in [1.807, 2.05) is 0 Å². The summed E-state index contributed by atoms with van der Waals surface area (Å²) in [4.78, 5) is 21.0. The van der Waals surface area contributed by atoms with Crippen molar-refractivity contribution in [3.63, 3.8) is 0 Å². The molecule has 178 valence electrons. The number of unbranched alkanes of at least 4 members (excludes halogenated alkanes) is 1. The Morgan fingerprint density at radius 2 is 1.81 bits per heavy atom. The highest BCUT2D eigenvalue weighted by atomic mass is 127. The van der Waals surface area contributed by atoms with E-state index in [0.717, 1.165) is 90.3 Å². The number of guanidine groups is 1. The van der Waals surface area contributed by atoms with Gasteiger partial charge in [-0.15, -0.1) is 24.0 Å². The van der Waals surface area contributed by atoms with Crippen LogP contribution in [-0.4, -0.2) is 67.5 Å². The second-order valence-corrected chi connectivity index (χ2v) is 8.66. The number of nitrogens with one attached hydrogen (secondary N) is 1. The summed E-state index contributed by atoms with van der Waals surface area (Å²) in [5, 5.41) is 3.47. The number of hydrogen-bond acceptors (Lipinski definition) is 3. The number of halogens is 1. The highest BCUT2D eigenvalue weighted by Gasteiger charge is 2.22. The van der Waals surface area contributed by atoms with Crippen LogP contribution in [0.15, 0.2) is 40.9 Å². The summed E-state index contributed by atoms with van der Waals surface area (Å²) in [5.74, 6) is 1.00. The summed E-state index contributed by atoms with van der Waals surface area (Å²) in [6.45, 7) is 9.03. The molecular formula is C25H40IN5O. The highest BCUT2D eigenvalue weighted by molar-refractivity contribution is 14.0. The number of benzene rings is 1. The number of hydrogen-bond donors (Lipinski definition) is 2. The first kappa shape index (κ1) is 26.6. The lowest BCUT2D eigenvalue weighted by molar-refractivity contribution is -0.123. The van der Waals surface area contributed by atoms with E-state index in [0.29, 0.717) is 0 Å². The van der Waals surface area contributed by atoms with Gasteiger partial charge in [-0.3, -0.25) is 9.79 Å². The van der Waals surface area contributed by atoms with Crippen LogP contribution in [0.2, 0.25) is 0 Å². The molecule has 2 fully saturated rings. The van der Waals surface area contributed by atoms with E-state index in [-0.39, 0.29) is 35.8 Å². The largest absolute Gasteiger partial charge is 0.369 e. The molecule has 0 unspecified atom stereocenters. The molecule has 2 aliphatic heterocycles. The number of rotatable bonds is 8. The predicted octanol–water partition coefficient (Wildman–Crippen LogP) is 3.73. The second-order valence-electron chi connectivity index (χ2n) is 8.66. The van der Waals surface area contributed by atoms with Crippen LogP contribution in [-0.2, 0) is 4.79 Å². The van der Waals surface area contributed by atoms with Crippen LogP contribution in [0.1, 0.15) is 51.0 Å². The molecule has 7 heteroatoms. The van der Waals surface area contributed by atoms with Gasteiger partial charge in [0.1, 0.15) is 0 Å². The zero-order valence-electron chi connectivity index (χ0n) is 19.5. The van der Waals surface area contributed by atoms with Crippen molar-refractivity contribution >= 4 is 41.9 Å². The Labute approximate surface area is 210 Å². The summed E-state index contributed by atoms with van der Waals surface area (Å²) < 4.78 is 0. The molecule has 3 N–H and O–H groups in total. The number of piperidine rings is 2. The van der Waals surface area contributed by atoms with Gasteiger partial charge in [-0.25, -0.2) is 0 Å². The number of primary amides is 1. The van der Waals surface area contributed by atoms with Crippen molar-refractivity contribution in [3.05, 3.63) is 41.5 Å². The first-order chi connectivity index (χ1) is 15.2. The topological polar surface area (TPSA) is 74.0 Å². The molecule has 2 saturated heterocycles. The van der Waals surface area contributed by atoms with Gasteiger partial charge in [-0.1, -0.05) is 42.0 Å². The van der Waals surface area contributed by atoms with Crippen LogP contribution < -0.4 is 11.1 Å². The zero-order valence-corrected chi connectivity index (χ0v) is 21.8. The summed E-state index contributed by atoms with van der Waals surface area (Å²) in [6.07, 6.45) is 8.60. The average molecular weight is 554 g/mol. The third-order valence-electron chi connectivity index (χ3n) is 6.34. The second kappa shape index (κ2) is 14.5. The van der Waals surface area contributed by atoms with Crippen molar-refractivity contribution in [2.75, 3.05) is 45.8 Å². The minimum Gasteiger partial charge on any atom is -0.369 e. The smallest absolute Gasteiger partial charge is 0.220 e. The molecule has 0 bridgehead atoms. The predicted molar refractivity (Wildman–Crippen MR) is 144 cm³/mol. The molecule has 1 aromatic carbocycles. The van der Waals surface area contributed by atoms with Crippen LogP contribution in [0.3, 0.4) is 0 Å². The van der Waals surface area contributed by atoms with Crippen molar-refractivity contribution in [2.24, 2.45) is 16.6 Å². The Morgan fingerprint density at radius 3 is 2.44 bits per heavy atom. The molecule has 0 atom stereocenters. The van der Waals surface area contributed by atoms with Gasteiger partial charge in [0, 0.05) is 32.1 Å². The van der Waals surface area contributed by atoms with Gasteiger partial charge in [-0.05, 0) is 70.6 Å². The molecule has 0 saturated carbocycles. The molecule has 0 aliphatic carbocycles. The number of likely N-dealkylation sites (tertiary alicyclic amines) is 2. The van der Waals surface area contributed by atoms with Gasteiger partial charge >= 0.3 is 0 Å². The first-order valence-corrected chi connectivity index (χ1v) is 11.9. The summed E-state index contributed by atoms with van der Waals surface area (Å²) in [7, 11) is 0. The Morgan fingerprint density at radius 1 is 1.12 bits per heavy atom. The molecule has 6 nitrogen and oxygen atoms in total. The van der Waals surface area contributed by atoms with E-state index >= 15 is 0 Å². The van der Waals surface area contributed by atoms with E-state index in [1.54, 1.807) is 0 Å². The van der Waals surface area contributed by atoms with Gasteiger partial charge < -0.3 is 20.9 Å². The maximum absolute atomic E-state index is 11.3. The highest BCUT2D eigenvalue weighted by Crippen LogP contribution is 2.20. The van der Waals surface area contributed by atoms with Crippen molar-refractivity contribution in [2.45, 2.75) is 45.4 Å². The lowest BCUT2D eigenvalue weighted by Crippen LogP contribution is -2.44. The molecule has 1 amide bonds. The number of amides is 1. The number of aliphatic imine (C=N–C) groups is 1. The molecule has 2 aliphatic rings. The van der Waals surface area contributed by atoms with Crippen LogP contribution in [0.4, 0.5) is 0 Å². The van der Waals surface area contributed by atoms with Crippen molar-refractivity contribution < 1.29 is 4.79 Å². The molecule has 0 aromatic heterocycles. The molecule has 32 heavy (non-hydrogen) atoms. The van der Waals surface area contributed by atoms with Crippen LogP contribution in [0, 0.1) is 5.92 Å². The van der Waals surface area contributed by atoms with E-state index in [9.17, 15) is 4.79 Å². The molecular weight excluding hydrogens is 513 g/mol. The van der Waals surface area contributed by atoms with Gasteiger partial charge in [0.2, 0.25) is 5.91 Å². The van der Waals surface area contributed by atoms with Crippen molar-refractivity contribution in [3.8, 4) is 0 Å². The third-order valence-corrected chi connectivity index (χ3v) is 6.34. The quantitative estimate of drug-likeness (QED) is 0.223. The minimum atomic E-state index is -0.134. The minimum absolute atomic E-state index is 0. The van der Waals surface area contributed by atoms with Gasteiger partial charge in [0.15, 0.2) is 5.96 Å². The maximum atomic E-state index is 11.3. The fourth-order valence-electron chi connectivity index (χ4n) is 4.43. The molecule has 1 aromatic rings. The molecule has 3 rings (SSSR count). The molecule has 0 spiro atoms. The average Bonchev–Trinajstić information content (AvgIpc) is 2.80. The Kier molecular flexibility index (Phi) is 12.1. The van der Waals surface area contributed by atoms with E-state index in [2.05, 4.69) is 58.4 Å². The van der Waals surface area contributed by atoms with Gasteiger partial charge in [0.25, 0.3) is 0 Å². The van der Waals surface area contributed by atoms with Crippen molar-refractivity contribution in [1.82, 2.24) is 15.1 Å². The lowest BCUT2D eigenvalue weighted by Gasteiger charge is -2.31. The lowest BCUT2D eigenvalue weighted by atomic mass is 9.96. The van der Waals surface area contributed by atoms with E-state index in [4.69, 9.17) is 10.7 Å². The normalized spacial score (nSPS) is 18.2. The Balaban J connectivity index is 0.00000363. The monoisotopic (exact) mass is 553 g/mol. The van der Waals surface area contributed by atoms with Crippen LogP contribution in [0.25, 0.3) is 6.08 Å². The molecule has 2 heterocycles. The SMILES string of the molecule is CCNC(=NCCCCN1CCC(C(N)=O)CC1)N1CCC(=Cc2ccccc2)CC1.I. The zero-order chi connectivity index (χ0) is 21.9. The summed E-state index contributed by atoms with van der Waals surface area (Å²) >= 11 is 0. The molecule has 0 radical (unpaired) electrons. The van der Waals surface area contributed by atoms with Crippen LogP contribution >= 0.6 is 24.0 Å². The third kappa shape index (κ3) is 8.73. The maximum Gasteiger partial charge on any atom is 0.220 e. The first-order valence-electron chi connectivity index (χ1n) is 11.9. The van der Waals surface area contributed by atoms with E-state index < -0.39 is 0 Å². The number of carbonyl (C=O) groups is 1. The van der Waals surface area contributed by atoms with E-state index in [1.165, 1.54) is 11.1 Å². The van der Waals surface area contributed by atoms with Gasteiger partial charge in [0.05, 0.1) is 0 Å². The Bertz CT molecular complexity index is 734. The van der Waals surface area contributed by atoms with Crippen LogP contribution in [0.5, 0.6) is 0 Å². The number of nitrogens with two attached hydrogens (primary N) is 1. The Hall–Kier alpha value is -1.61. The summed E-state index contributed by atoms with van der Waals surface area (Å²) in [6, 6.07) is 10.6. The van der Waals surface area contributed by atoms with Crippen molar-refractivity contribution in [1.29, 1.82) is 0 Å². The fraction of sp³-hybridized carbons (Fsp3) is 0.600. The van der Waals surface area contributed by atoms with Gasteiger partial charge in [-0.2, -0.15) is 0 Å². The standard InChI is InChI=1S/C25H39N5O.HI/c1-2-27-25(28-14-6-7-15-29-16-12-23(13-17-29)24(26)31)30-18-10-22(11-19-30)20-21-8-4-3-5-9-21;/h3-5,8-9,20,23H,2,6-7,10-19H2,1H3,(H2,26,31)(H,27,28);1H. The summed E-state index contributed by atoms with van der Waals surface area (Å²) in [5.41, 5.74) is 8.25. The number of nitrogens with zero attached hydrogens (tertiary/aromatic N) is 3. The number of carbonyl (C=O) groups excluding carboxylic acids is 1. The fourth-order valence-corrected chi connectivity index (χ4v) is 4.43.